The lowest BCUT2D eigenvalue weighted by Crippen LogP contribution is -2.34. The molecule has 8 heteroatoms. The lowest BCUT2D eigenvalue weighted by Gasteiger charge is -2.29. The third-order valence-corrected chi connectivity index (χ3v) is 9.00. The lowest BCUT2D eigenvalue weighted by atomic mass is 10.0. The number of aromatic nitrogens is 1. The van der Waals surface area contributed by atoms with Gasteiger partial charge in [-0.25, -0.2) is 13.4 Å². The Bertz CT molecular complexity index is 1200. The molecule has 0 saturated carbocycles. The summed E-state index contributed by atoms with van der Waals surface area (Å²) in [6, 6.07) is 12.9. The van der Waals surface area contributed by atoms with Crippen LogP contribution in [0.2, 0.25) is 0 Å². The quantitative estimate of drug-likeness (QED) is 0.613. The highest BCUT2D eigenvalue weighted by molar-refractivity contribution is 7.89. The standard InChI is InChI=1S/C22H23N3O3S2/c1-15(26)24-12-4-6-16-14-17(10-11-19(16)24)30(27,28)25-13-5-8-20(25)22-23-18-7-2-3-9-21(18)29-22/h2-3,7,9-11,14,20H,4-6,8,12-13H2,1H3/t20-/m1/s1. The van der Waals surface area contributed by atoms with Crippen molar-refractivity contribution in [2.45, 2.75) is 43.5 Å². The number of carbonyl (C=O) groups is 1. The molecule has 30 heavy (non-hydrogen) atoms. The Balaban J connectivity index is 1.50. The van der Waals surface area contributed by atoms with Crippen LogP contribution < -0.4 is 4.90 Å². The van der Waals surface area contributed by atoms with Gasteiger partial charge in [0.15, 0.2) is 0 Å². The number of benzene rings is 2. The van der Waals surface area contributed by atoms with Gasteiger partial charge >= 0.3 is 0 Å². The van der Waals surface area contributed by atoms with Gasteiger partial charge in [-0.1, -0.05) is 12.1 Å². The van der Waals surface area contributed by atoms with Crippen LogP contribution in [0.3, 0.4) is 0 Å². The molecule has 1 atom stereocenters. The molecule has 3 aromatic rings. The van der Waals surface area contributed by atoms with Crippen molar-refractivity contribution in [3.05, 3.63) is 53.0 Å². The topological polar surface area (TPSA) is 70.6 Å². The van der Waals surface area contributed by atoms with Crippen molar-refractivity contribution in [3.8, 4) is 0 Å². The number of sulfonamides is 1. The van der Waals surface area contributed by atoms with E-state index in [9.17, 15) is 13.2 Å². The van der Waals surface area contributed by atoms with Gasteiger partial charge in [-0.15, -0.1) is 11.3 Å². The molecule has 2 aliphatic heterocycles. The molecule has 6 nitrogen and oxygen atoms in total. The van der Waals surface area contributed by atoms with Crippen LogP contribution in [0.15, 0.2) is 47.4 Å². The number of nitrogens with zero attached hydrogens (tertiary/aromatic N) is 3. The van der Waals surface area contributed by atoms with Crippen molar-refractivity contribution < 1.29 is 13.2 Å². The summed E-state index contributed by atoms with van der Waals surface area (Å²) in [4.78, 5) is 18.7. The SMILES string of the molecule is CC(=O)N1CCCc2cc(S(=O)(=O)N3CCC[C@@H]3c3nc4ccccc4s3)ccc21. The van der Waals surface area contributed by atoms with E-state index in [1.807, 2.05) is 24.3 Å². The van der Waals surface area contributed by atoms with Crippen molar-refractivity contribution in [2.75, 3.05) is 18.0 Å². The molecule has 0 unspecified atom stereocenters. The summed E-state index contributed by atoms with van der Waals surface area (Å²) in [5.74, 6) is -0.0120. The number of fused-ring (bicyclic) bond motifs is 2. The highest BCUT2D eigenvalue weighted by atomic mass is 32.2. The monoisotopic (exact) mass is 441 g/mol. The van der Waals surface area contributed by atoms with E-state index < -0.39 is 10.0 Å². The normalized spacial score (nSPS) is 19.9. The first-order valence-electron chi connectivity index (χ1n) is 10.2. The van der Waals surface area contributed by atoms with E-state index in [0.29, 0.717) is 18.0 Å². The molecule has 0 aliphatic carbocycles. The highest BCUT2D eigenvalue weighted by Gasteiger charge is 2.38. The van der Waals surface area contributed by atoms with E-state index in [1.165, 1.54) is 0 Å². The fraction of sp³-hybridized carbons (Fsp3) is 0.364. The second kappa shape index (κ2) is 7.44. The zero-order valence-electron chi connectivity index (χ0n) is 16.7. The fourth-order valence-electron chi connectivity index (χ4n) is 4.50. The van der Waals surface area contributed by atoms with Gasteiger partial charge in [0.2, 0.25) is 15.9 Å². The first-order chi connectivity index (χ1) is 14.4. The predicted octanol–water partition coefficient (Wildman–Crippen LogP) is 4.12. The number of para-hydroxylation sites is 1. The average Bonchev–Trinajstić information content (AvgIpc) is 3.39. The second-order valence-corrected chi connectivity index (χ2v) is 10.8. The summed E-state index contributed by atoms with van der Waals surface area (Å²) in [6.45, 7) is 2.73. The molecule has 1 saturated heterocycles. The van der Waals surface area contributed by atoms with Crippen LogP contribution in [-0.2, 0) is 21.2 Å². The number of thiazole rings is 1. The third-order valence-electron chi connectivity index (χ3n) is 5.96. The Labute approximate surface area is 180 Å². The Morgan fingerprint density at radius 3 is 2.77 bits per heavy atom. The molecule has 0 radical (unpaired) electrons. The van der Waals surface area contributed by atoms with Crippen LogP contribution in [0.1, 0.15) is 42.8 Å². The number of aryl methyl sites for hydroxylation is 1. The fourth-order valence-corrected chi connectivity index (χ4v) is 7.40. The van der Waals surface area contributed by atoms with Crippen LogP contribution >= 0.6 is 11.3 Å². The molecule has 2 aromatic carbocycles. The van der Waals surface area contributed by atoms with Gasteiger partial charge in [-0.3, -0.25) is 4.79 Å². The third kappa shape index (κ3) is 3.23. The van der Waals surface area contributed by atoms with E-state index >= 15 is 0 Å². The van der Waals surface area contributed by atoms with Crippen LogP contribution in [0, 0.1) is 0 Å². The molecule has 1 fully saturated rings. The van der Waals surface area contributed by atoms with Gasteiger partial charge in [0, 0.05) is 25.7 Å². The Hall–Kier alpha value is -2.29. The summed E-state index contributed by atoms with van der Waals surface area (Å²) in [5, 5.41) is 0.859. The van der Waals surface area contributed by atoms with Crippen molar-refractivity contribution in [1.82, 2.24) is 9.29 Å². The predicted molar refractivity (Wildman–Crippen MR) is 118 cm³/mol. The van der Waals surface area contributed by atoms with Crippen LogP contribution in [-0.4, -0.2) is 36.7 Å². The number of rotatable bonds is 3. The van der Waals surface area contributed by atoms with Gasteiger partial charge < -0.3 is 4.90 Å². The molecular weight excluding hydrogens is 418 g/mol. The van der Waals surface area contributed by atoms with E-state index in [0.717, 1.165) is 52.2 Å². The molecule has 1 amide bonds. The minimum atomic E-state index is -3.65. The van der Waals surface area contributed by atoms with Gasteiger partial charge in [0.05, 0.1) is 21.2 Å². The van der Waals surface area contributed by atoms with Gasteiger partial charge in [-0.05, 0) is 61.6 Å². The summed E-state index contributed by atoms with van der Waals surface area (Å²) < 4.78 is 29.8. The molecule has 5 rings (SSSR count). The maximum atomic E-state index is 13.6. The van der Waals surface area contributed by atoms with E-state index in [4.69, 9.17) is 4.98 Å². The molecular formula is C22H23N3O3S2. The zero-order valence-corrected chi connectivity index (χ0v) is 18.4. The van der Waals surface area contributed by atoms with Crippen LogP contribution in [0.4, 0.5) is 5.69 Å². The van der Waals surface area contributed by atoms with Crippen molar-refractivity contribution >= 4 is 43.2 Å². The first-order valence-corrected chi connectivity index (χ1v) is 12.5. The van der Waals surface area contributed by atoms with Crippen LogP contribution in [0.5, 0.6) is 0 Å². The maximum absolute atomic E-state index is 13.6. The first kappa shape index (κ1) is 19.7. The average molecular weight is 442 g/mol. The highest BCUT2D eigenvalue weighted by Crippen LogP contribution is 2.40. The summed E-state index contributed by atoms with van der Waals surface area (Å²) >= 11 is 1.57. The minimum Gasteiger partial charge on any atom is -0.312 e. The summed E-state index contributed by atoms with van der Waals surface area (Å²) in [7, 11) is -3.65. The van der Waals surface area contributed by atoms with Crippen molar-refractivity contribution in [1.29, 1.82) is 0 Å². The zero-order chi connectivity index (χ0) is 20.9. The van der Waals surface area contributed by atoms with E-state index in [-0.39, 0.29) is 11.9 Å². The van der Waals surface area contributed by atoms with Crippen molar-refractivity contribution in [2.24, 2.45) is 0 Å². The van der Waals surface area contributed by atoms with Crippen molar-refractivity contribution in [3.63, 3.8) is 0 Å². The number of anilines is 1. The van der Waals surface area contributed by atoms with Crippen LogP contribution in [0.25, 0.3) is 10.2 Å². The molecule has 0 N–H and O–H groups in total. The molecule has 0 bridgehead atoms. The minimum absolute atomic E-state index is 0.0120. The second-order valence-electron chi connectivity index (χ2n) is 7.86. The van der Waals surface area contributed by atoms with E-state index in [2.05, 4.69) is 0 Å². The Kier molecular flexibility index (Phi) is 4.88. The van der Waals surface area contributed by atoms with E-state index in [1.54, 1.807) is 45.7 Å². The lowest BCUT2D eigenvalue weighted by molar-refractivity contribution is -0.116. The number of amides is 1. The largest absolute Gasteiger partial charge is 0.312 e. The molecule has 0 spiro atoms. The van der Waals surface area contributed by atoms with Gasteiger partial charge in [-0.2, -0.15) is 4.31 Å². The van der Waals surface area contributed by atoms with Gasteiger partial charge in [0.25, 0.3) is 0 Å². The summed E-state index contributed by atoms with van der Waals surface area (Å²) in [6.07, 6.45) is 3.23. The number of carbonyl (C=O) groups excluding carboxylic acids is 1. The molecule has 156 valence electrons. The number of hydrogen-bond acceptors (Lipinski definition) is 5. The smallest absolute Gasteiger partial charge is 0.243 e. The molecule has 3 heterocycles. The molecule has 2 aliphatic rings. The molecule has 1 aromatic heterocycles. The Morgan fingerprint density at radius 2 is 1.97 bits per heavy atom. The number of hydrogen-bond donors (Lipinski definition) is 0. The van der Waals surface area contributed by atoms with Gasteiger partial charge in [0.1, 0.15) is 5.01 Å². The maximum Gasteiger partial charge on any atom is 0.243 e. The summed E-state index contributed by atoms with van der Waals surface area (Å²) in [5.41, 5.74) is 2.67. The Morgan fingerprint density at radius 1 is 1.13 bits per heavy atom.